The van der Waals surface area contributed by atoms with Crippen LogP contribution in [0.3, 0.4) is 0 Å². The lowest BCUT2D eigenvalue weighted by molar-refractivity contribution is -0.112. The second-order valence-corrected chi connectivity index (χ2v) is 10.7. The molecule has 0 aliphatic carbocycles. The number of carbonyl (C=O) groups excluding carboxylic acids is 1. The van der Waals surface area contributed by atoms with Crippen molar-refractivity contribution in [3.8, 4) is 23.3 Å². The van der Waals surface area contributed by atoms with Crippen molar-refractivity contribution < 1.29 is 19.0 Å². The van der Waals surface area contributed by atoms with Crippen LogP contribution in [0.15, 0.2) is 103 Å². The lowest BCUT2D eigenvalue weighted by Gasteiger charge is -2.16. The minimum Gasteiger partial charge on any atom is -0.493 e. The molecule has 0 aliphatic heterocycles. The van der Waals surface area contributed by atoms with E-state index in [1.165, 1.54) is 18.7 Å². The summed E-state index contributed by atoms with van der Waals surface area (Å²) in [5.74, 6) is 0.883. The molecule has 0 radical (unpaired) electrons. The summed E-state index contributed by atoms with van der Waals surface area (Å²) in [5.41, 5.74) is 5.37. The summed E-state index contributed by atoms with van der Waals surface area (Å²) in [6.07, 6.45) is 1.46. The first-order valence-corrected chi connectivity index (χ1v) is 14.4. The highest BCUT2D eigenvalue weighted by atomic mass is 35.5. The number of fused-ring (bicyclic) bond motifs is 1. The molecule has 7 heteroatoms. The summed E-state index contributed by atoms with van der Waals surface area (Å²) in [6, 6.07) is 32.7. The van der Waals surface area contributed by atoms with Crippen LogP contribution >= 0.6 is 11.6 Å². The van der Waals surface area contributed by atoms with Gasteiger partial charge in [0.2, 0.25) is 0 Å². The number of methoxy groups -OCH3 is 1. The number of hydrogen-bond donors (Lipinski definition) is 1. The van der Waals surface area contributed by atoms with E-state index in [4.69, 9.17) is 25.8 Å². The third-order valence-electron chi connectivity index (χ3n) is 7.20. The van der Waals surface area contributed by atoms with Crippen LogP contribution in [0, 0.1) is 25.2 Å². The SMILES string of the molecule is COc1cc(/C=C(\C#N)C(=O)Nc2ccc(OCc3ccc(C)cc3)cc2)cc(Cl)c1OCc1c(C)ccc2ccccc12. The number of halogens is 1. The molecule has 0 spiro atoms. The minimum absolute atomic E-state index is 0.0946. The van der Waals surface area contributed by atoms with E-state index in [1.807, 2.05) is 56.3 Å². The second kappa shape index (κ2) is 13.8. The molecular weight excluding hydrogens is 572 g/mol. The molecule has 1 N–H and O–H groups in total. The summed E-state index contributed by atoms with van der Waals surface area (Å²) >= 11 is 6.63. The summed E-state index contributed by atoms with van der Waals surface area (Å²) in [7, 11) is 1.52. The van der Waals surface area contributed by atoms with E-state index in [-0.39, 0.29) is 5.57 Å². The monoisotopic (exact) mass is 602 g/mol. The third kappa shape index (κ3) is 7.20. The molecule has 0 bridgehead atoms. The van der Waals surface area contributed by atoms with Crippen molar-refractivity contribution in [3.63, 3.8) is 0 Å². The molecule has 6 nitrogen and oxygen atoms in total. The number of rotatable bonds is 10. The standard InChI is InChI=1S/C37H31ClN2O4/c1-24-8-11-26(12-9-24)22-43-31-16-14-30(15-17-31)40-37(41)29(21-39)18-27-19-34(38)36(35(20-27)42-3)44-23-33-25(2)10-13-28-6-4-5-7-32(28)33/h4-20H,22-23H2,1-3H3,(H,40,41)/b29-18+. The van der Waals surface area contributed by atoms with E-state index in [0.29, 0.717) is 46.7 Å². The smallest absolute Gasteiger partial charge is 0.266 e. The number of nitriles is 1. The van der Waals surface area contributed by atoms with E-state index < -0.39 is 5.91 Å². The average Bonchev–Trinajstić information content (AvgIpc) is 3.04. The Labute approximate surface area is 262 Å². The van der Waals surface area contributed by atoms with Gasteiger partial charge in [-0.15, -0.1) is 0 Å². The predicted molar refractivity (Wildman–Crippen MR) is 175 cm³/mol. The van der Waals surface area contributed by atoms with Crippen LogP contribution in [0.4, 0.5) is 5.69 Å². The minimum atomic E-state index is -0.553. The van der Waals surface area contributed by atoms with Gasteiger partial charge in [-0.05, 0) is 83.8 Å². The Morgan fingerprint density at radius 2 is 1.66 bits per heavy atom. The van der Waals surface area contributed by atoms with Gasteiger partial charge in [-0.25, -0.2) is 0 Å². The van der Waals surface area contributed by atoms with Gasteiger partial charge in [0, 0.05) is 11.3 Å². The first kappa shape index (κ1) is 30.2. The third-order valence-corrected chi connectivity index (χ3v) is 7.48. The topological polar surface area (TPSA) is 80.6 Å². The van der Waals surface area contributed by atoms with Gasteiger partial charge in [-0.3, -0.25) is 4.79 Å². The highest BCUT2D eigenvalue weighted by Gasteiger charge is 2.16. The average molecular weight is 603 g/mol. The number of ether oxygens (including phenoxy) is 3. The number of nitrogens with zero attached hydrogens (tertiary/aromatic N) is 1. The van der Waals surface area contributed by atoms with E-state index >= 15 is 0 Å². The van der Waals surface area contributed by atoms with Gasteiger partial charge in [0.25, 0.3) is 5.91 Å². The predicted octanol–water partition coefficient (Wildman–Crippen LogP) is 8.82. The van der Waals surface area contributed by atoms with E-state index in [9.17, 15) is 10.1 Å². The molecule has 220 valence electrons. The zero-order chi connectivity index (χ0) is 31.1. The second-order valence-electron chi connectivity index (χ2n) is 10.3. The van der Waals surface area contributed by atoms with E-state index in [2.05, 4.69) is 29.6 Å². The lowest BCUT2D eigenvalue weighted by atomic mass is 10.0. The van der Waals surface area contributed by atoms with Gasteiger partial charge in [-0.2, -0.15) is 5.26 Å². The summed E-state index contributed by atoms with van der Waals surface area (Å²) in [4.78, 5) is 13.0. The van der Waals surface area contributed by atoms with Crippen LogP contribution in [0.5, 0.6) is 17.2 Å². The maximum absolute atomic E-state index is 13.0. The van der Waals surface area contributed by atoms with Crippen molar-refractivity contribution in [2.24, 2.45) is 0 Å². The first-order chi connectivity index (χ1) is 21.3. The highest BCUT2D eigenvalue weighted by Crippen LogP contribution is 2.38. The zero-order valence-electron chi connectivity index (χ0n) is 24.7. The van der Waals surface area contributed by atoms with Gasteiger partial charge in [-0.1, -0.05) is 77.8 Å². The lowest BCUT2D eigenvalue weighted by Crippen LogP contribution is -2.13. The molecule has 0 fully saturated rings. The fraction of sp³-hybridized carbons (Fsp3) is 0.135. The largest absolute Gasteiger partial charge is 0.493 e. The number of hydrogen-bond acceptors (Lipinski definition) is 5. The molecule has 0 saturated heterocycles. The Kier molecular flexibility index (Phi) is 9.49. The number of amides is 1. The van der Waals surface area contributed by atoms with E-state index in [1.54, 1.807) is 36.4 Å². The van der Waals surface area contributed by atoms with Crippen LogP contribution < -0.4 is 19.5 Å². The fourth-order valence-electron chi connectivity index (χ4n) is 4.74. The Hall–Kier alpha value is -5.25. The summed E-state index contributed by atoms with van der Waals surface area (Å²) in [6.45, 7) is 4.81. The Bertz CT molecular complexity index is 1870. The van der Waals surface area contributed by atoms with Crippen LogP contribution in [0.2, 0.25) is 5.02 Å². The van der Waals surface area contributed by atoms with Crippen molar-refractivity contribution in [3.05, 3.63) is 135 Å². The molecule has 0 atom stereocenters. The van der Waals surface area contributed by atoms with Crippen LogP contribution in [0.25, 0.3) is 16.8 Å². The maximum Gasteiger partial charge on any atom is 0.266 e. The molecule has 1 amide bonds. The van der Waals surface area contributed by atoms with Crippen molar-refractivity contribution in [1.29, 1.82) is 5.26 Å². The Balaban J connectivity index is 1.27. The number of anilines is 1. The first-order valence-electron chi connectivity index (χ1n) is 14.0. The van der Waals surface area contributed by atoms with Crippen molar-refractivity contribution in [1.82, 2.24) is 0 Å². The Morgan fingerprint density at radius 1 is 0.909 bits per heavy atom. The van der Waals surface area contributed by atoms with Gasteiger partial charge in [0.1, 0.15) is 30.6 Å². The van der Waals surface area contributed by atoms with Crippen molar-refractivity contribution in [2.45, 2.75) is 27.1 Å². The number of nitrogens with one attached hydrogen (secondary N) is 1. The zero-order valence-corrected chi connectivity index (χ0v) is 25.4. The van der Waals surface area contributed by atoms with Crippen molar-refractivity contribution >= 4 is 40.0 Å². The van der Waals surface area contributed by atoms with Crippen molar-refractivity contribution in [2.75, 3.05) is 12.4 Å². The summed E-state index contributed by atoms with van der Waals surface area (Å²) in [5, 5.41) is 15.1. The fourth-order valence-corrected chi connectivity index (χ4v) is 5.02. The molecular formula is C37H31ClN2O4. The maximum atomic E-state index is 13.0. The highest BCUT2D eigenvalue weighted by molar-refractivity contribution is 6.32. The van der Waals surface area contributed by atoms with Gasteiger partial charge in [0.15, 0.2) is 11.5 Å². The van der Waals surface area contributed by atoms with E-state index in [0.717, 1.165) is 27.5 Å². The normalized spacial score (nSPS) is 11.1. The van der Waals surface area contributed by atoms with Crippen LogP contribution in [0.1, 0.15) is 27.8 Å². The quantitative estimate of drug-likeness (QED) is 0.128. The van der Waals surface area contributed by atoms with Crippen LogP contribution in [-0.2, 0) is 18.0 Å². The Morgan fingerprint density at radius 3 is 2.39 bits per heavy atom. The van der Waals surface area contributed by atoms with Gasteiger partial charge < -0.3 is 19.5 Å². The number of carbonyl (C=O) groups is 1. The molecule has 0 heterocycles. The molecule has 0 aromatic heterocycles. The molecule has 0 unspecified atom stereocenters. The van der Waals surface area contributed by atoms with Crippen LogP contribution in [-0.4, -0.2) is 13.0 Å². The molecule has 5 aromatic carbocycles. The molecule has 0 aliphatic rings. The van der Waals surface area contributed by atoms with Gasteiger partial charge in [0.05, 0.1) is 12.1 Å². The molecule has 0 saturated carbocycles. The number of benzene rings is 5. The summed E-state index contributed by atoms with van der Waals surface area (Å²) < 4.78 is 17.6. The van der Waals surface area contributed by atoms with Gasteiger partial charge >= 0.3 is 0 Å². The molecule has 5 rings (SSSR count). The molecule has 5 aromatic rings. The number of aryl methyl sites for hydroxylation is 2. The molecule has 44 heavy (non-hydrogen) atoms.